The molecule has 3 nitrogen and oxygen atoms in total. The summed E-state index contributed by atoms with van der Waals surface area (Å²) in [5.74, 6) is -0.947. The lowest BCUT2D eigenvalue weighted by Crippen LogP contribution is -2.11. The zero-order valence-corrected chi connectivity index (χ0v) is 9.67. The van der Waals surface area contributed by atoms with E-state index < -0.39 is 5.97 Å². The number of carboxylic acid groups (broad SMARTS) is 1. The van der Waals surface area contributed by atoms with Gasteiger partial charge in [-0.2, -0.15) is 0 Å². The zero-order chi connectivity index (χ0) is 12.5. The molecule has 3 heteroatoms. The Hall–Kier alpha value is -2.13. The Kier molecular flexibility index (Phi) is 2.61. The third-order valence-electron chi connectivity index (χ3n) is 3.15. The van der Waals surface area contributed by atoms with Crippen LogP contribution in [0.5, 0.6) is 0 Å². The van der Waals surface area contributed by atoms with Gasteiger partial charge in [-0.3, -0.25) is 0 Å². The molecule has 0 unspecified atom stereocenters. The zero-order valence-electron chi connectivity index (χ0n) is 9.67. The molecule has 90 valence electrons. The van der Waals surface area contributed by atoms with Gasteiger partial charge in [-0.1, -0.05) is 48.5 Å². The molecule has 0 saturated heterocycles. The number of fused-ring (bicyclic) bond motifs is 3. The fourth-order valence-corrected chi connectivity index (χ4v) is 2.44. The van der Waals surface area contributed by atoms with Crippen molar-refractivity contribution in [1.29, 1.82) is 0 Å². The van der Waals surface area contributed by atoms with Crippen molar-refractivity contribution in [1.82, 2.24) is 0 Å². The van der Waals surface area contributed by atoms with E-state index in [2.05, 4.69) is 0 Å². The first kappa shape index (κ1) is 11.0. The molecule has 0 fully saturated rings. The SMILES string of the molecule is O=C(O)COC1c2ccccc2-c2ccccc21. The Balaban J connectivity index is 2.06. The first-order valence-corrected chi connectivity index (χ1v) is 5.79. The van der Waals surface area contributed by atoms with Crippen LogP contribution in [0.2, 0.25) is 0 Å². The standard InChI is InChI=1S/C15H12O3/c16-14(17)9-18-15-12-7-3-1-5-10(12)11-6-2-4-8-13(11)15/h1-8,15H,9H2,(H,16,17). The predicted molar refractivity (Wildman–Crippen MR) is 67.3 cm³/mol. The summed E-state index contributed by atoms with van der Waals surface area (Å²) in [6, 6.07) is 15.9. The molecule has 1 aliphatic rings. The minimum atomic E-state index is -0.947. The van der Waals surface area contributed by atoms with E-state index in [0.29, 0.717) is 0 Å². The highest BCUT2D eigenvalue weighted by molar-refractivity contribution is 5.78. The Labute approximate surface area is 105 Å². The molecule has 2 aromatic rings. The molecule has 0 heterocycles. The summed E-state index contributed by atoms with van der Waals surface area (Å²) in [4.78, 5) is 10.7. The molecule has 0 radical (unpaired) electrons. The molecule has 18 heavy (non-hydrogen) atoms. The molecule has 0 spiro atoms. The first-order chi connectivity index (χ1) is 8.77. The summed E-state index contributed by atoms with van der Waals surface area (Å²) in [7, 11) is 0. The fourth-order valence-electron chi connectivity index (χ4n) is 2.44. The average Bonchev–Trinajstić information content (AvgIpc) is 2.71. The first-order valence-electron chi connectivity index (χ1n) is 5.79. The van der Waals surface area contributed by atoms with E-state index in [1.54, 1.807) is 0 Å². The maximum atomic E-state index is 10.7. The van der Waals surface area contributed by atoms with E-state index in [1.165, 1.54) is 0 Å². The molecule has 0 aliphatic heterocycles. The molecule has 1 N–H and O–H groups in total. The van der Waals surface area contributed by atoms with Crippen molar-refractivity contribution in [3.05, 3.63) is 59.7 Å². The number of hydrogen-bond acceptors (Lipinski definition) is 2. The highest BCUT2D eigenvalue weighted by Crippen LogP contribution is 2.44. The molecule has 2 aromatic carbocycles. The quantitative estimate of drug-likeness (QED) is 0.897. The van der Waals surface area contributed by atoms with Crippen molar-refractivity contribution in [3.8, 4) is 11.1 Å². The Morgan fingerprint density at radius 1 is 1.00 bits per heavy atom. The van der Waals surface area contributed by atoms with Gasteiger partial charge in [0.1, 0.15) is 12.7 Å². The van der Waals surface area contributed by atoms with Crippen LogP contribution in [0, 0.1) is 0 Å². The molecular formula is C15H12O3. The van der Waals surface area contributed by atoms with E-state index in [0.717, 1.165) is 22.3 Å². The van der Waals surface area contributed by atoms with Crippen LogP contribution in [0.15, 0.2) is 48.5 Å². The van der Waals surface area contributed by atoms with E-state index >= 15 is 0 Å². The van der Waals surface area contributed by atoms with Crippen LogP contribution in [0.3, 0.4) is 0 Å². The number of benzene rings is 2. The lowest BCUT2D eigenvalue weighted by molar-refractivity contribution is -0.143. The van der Waals surface area contributed by atoms with Gasteiger partial charge in [0.15, 0.2) is 0 Å². The van der Waals surface area contributed by atoms with E-state index in [-0.39, 0.29) is 12.7 Å². The number of carboxylic acids is 1. The third kappa shape index (κ3) is 1.69. The van der Waals surface area contributed by atoms with Crippen molar-refractivity contribution in [3.63, 3.8) is 0 Å². The number of aliphatic carboxylic acids is 1. The van der Waals surface area contributed by atoms with Gasteiger partial charge in [0.2, 0.25) is 0 Å². The highest BCUT2D eigenvalue weighted by Gasteiger charge is 2.28. The van der Waals surface area contributed by atoms with Crippen LogP contribution in [0.25, 0.3) is 11.1 Å². The number of ether oxygens (including phenoxy) is 1. The largest absolute Gasteiger partial charge is 0.480 e. The average molecular weight is 240 g/mol. The molecular weight excluding hydrogens is 228 g/mol. The summed E-state index contributed by atoms with van der Waals surface area (Å²) in [6.45, 7) is -0.284. The van der Waals surface area contributed by atoms with Crippen LogP contribution < -0.4 is 0 Å². The van der Waals surface area contributed by atoms with Gasteiger partial charge in [0.05, 0.1) is 0 Å². The Morgan fingerprint density at radius 2 is 1.50 bits per heavy atom. The van der Waals surface area contributed by atoms with Crippen molar-refractivity contribution in [2.24, 2.45) is 0 Å². The summed E-state index contributed by atoms with van der Waals surface area (Å²) in [5, 5.41) is 8.74. The van der Waals surface area contributed by atoms with Gasteiger partial charge in [0, 0.05) is 0 Å². The third-order valence-corrected chi connectivity index (χ3v) is 3.15. The van der Waals surface area contributed by atoms with Gasteiger partial charge in [-0.25, -0.2) is 4.79 Å². The van der Waals surface area contributed by atoms with Crippen LogP contribution in [-0.4, -0.2) is 17.7 Å². The number of carbonyl (C=O) groups is 1. The lowest BCUT2D eigenvalue weighted by atomic mass is 10.1. The van der Waals surface area contributed by atoms with Crippen molar-refractivity contribution in [2.45, 2.75) is 6.10 Å². The lowest BCUT2D eigenvalue weighted by Gasteiger charge is -2.13. The molecule has 0 atom stereocenters. The van der Waals surface area contributed by atoms with E-state index in [1.807, 2.05) is 48.5 Å². The number of hydrogen-bond donors (Lipinski definition) is 1. The summed E-state index contributed by atoms with van der Waals surface area (Å²) >= 11 is 0. The van der Waals surface area contributed by atoms with Crippen LogP contribution in [0.4, 0.5) is 0 Å². The number of rotatable bonds is 3. The van der Waals surface area contributed by atoms with Crippen LogP contribution >= 0.6 is 0 Å². The summed E-state index contributed by atoms with van der Waals surface area (Å²) in [6.07, 6.45) is -0.270. The van der Waals surface area contributed by atoms with Gasteiger partial charge >= 0.3 is 5.97 Å². The highest BCUT2D eigenvalue weighted by atomic mass is 16.5. The monoisotopic (exact) mass is 240 g/mol. The van der Waals surface area contributed by atoms with Crippen LogP contribution in [-0.2, 0) is 9.53 Å². The Bertz CT molecular complexity index is 559. The Morgan fingerprint density at radius 3 is 2.00 bits per heavy atom. The molecule has 0 saturated carbocycles. The van der Waals surface area contributed by atoms with Gasteiger partial charge in [0.25, 0.3) is 0 Å². The topological polar surface area (TPSA) is 46.5 Å². The molecule has 3 rings (SSSR count). The van der Waals surface area contributed by atoms with E-state index in [4.69, 9.17) is 9.84 Å². The smallest absolute Gasteiger partial charge is 0.329 e. The van der Waals surface area contributed by atoms with Crippen molar-refractivity contribution in [2.75, 3.05) is 6.61 Å². The summed E-state index contributed by atoms with van der Waals surface area (Å²) in [5.41, 5.74) is 4.34. The van der Waals surface area contributed by atoms with Crippen LogP contribution in [0.1, 0.15) is 17.2 Å². The second-order valence-corrected chi connectivity index (χ2v) is 4.26. The second-order valence-electron chi connectivity index (χ2n) is 4.26. The minimum absolute atomic E-state index is 0.270. The van der Waals surface area contributed by atoms with Crippen molar-refractivity contribution < 1.29 is 14.6 Å². The molecule has 1 aliphatic carbocycles. The second kappa shape index (κ2) is 4.27. The van der Waals surface area contributed by atoms with Gasteiger partial charge in [-0.15, -0.1) is 0 Å². The predicted octanol–water partition coefficient (Wildman–Crippen LogP) is 2.86. The van der Waals surface area contributed by atoms with Crippen molar-refractivity contribution >= 4 is 5.97 Å². The maximum absolute atomic E-state index is 10.7. The van der Waals surface area contributed by atoms with E-state index in [9.17, 15) is 4.79 Å². The minimum Gasteiger partial charge on any atom is -0.480 e. The molecule has 0 aromatic heterocycles. The normalized spacial score (nSPS) is 13.1. The van der Waals surface area contributed by atoms with Gasteiger partial charge < -0.3 is 9.84 Å². The maximum Gasteiger partial charge on any atom is 0.329 e. The molecule has 0 bridgehead atoms. The molecule has 0 amide bonds. The summed E-state index contributed by atoms with van der Waals surface area (Å²) < 4.78 is 5.52. The van der Waals surface area contributed by atoms with Gasteiger partial charge in [-0.05, 0) is 22.3 Å². The fraction of sp³-hybridized carbons (Fsp3) is 0.133.